The van der Waals surface area contributed by atoms with Crippen molar-refractivity contribution in [1.82, 2.24) is 10.2 Å². The van der Waals surface area contributed by atoms with E-state index in [1.165, 1.54) is 0 Å². The van der Waals surface area contributed by atoms with Gasteiger partial charge < -0.3 is 15.3 Å². The van der Waals surface area contributed by atoms with Crippen molar-refractivity contribution in [2.75, 3.05) is 19.6 Å². The molecule has 1 saturated heterocycles. The predicted octanol–water partition coefficient (Wildman–Crippen LogP) is 1.46. The van der Waals surface area contributed by atoms with Crippen molar-refractivity contribution in [1.29, 1.82) is 0 Å². The molecule has 0 aliphatic carbocycles. The number of hydrogen-bond acceptors (Lipinski definition) is 2. The molecule has 0 spiro atoms. The van der Waals surface area contributed by atoms with Gasteiger partial charge in [0.1, 0.15) is 0 Å². The molecule has 0 bridgehead atoms. The summed E-state index contributed by atoms with van der Waals surface area (Å²) in [7, 11) is 0. The number of rotatable bonds is 5. The number of unbranched alkanes of at least 4 members (excludes halogenated alkanes) is 1. The number of amides is 2. The molecule has 1 aliphatic rings. The predicted molar refractivity (Wildman–Crippen MR) is 64.8 cm³/mol. The molecular formula is C12H20N2O3. The molecule has 1 heterocycles. The zero-order chi connectivity index (χ0) is 12.7. The van der Waals surface area contributed by atoms with Crippen LogP contribution in [0.1, 0.15) is 25.7 Å². The number of allylic oxidation sites excluding steroid dienone is 1. The molecule has 2 N–H and O–H groups in total. The van der Waals surface area contributed by atoms with Gasteiger partial charge in [0.2, 0.25) is 0 Å². The molecule has 0 aromatic rings. The molecule has 0 aromatic heterocycles. The average molecular weight is 240 g/mol. The van der Waals surface area contributed by atoms with Crippen LogP contribution in [0, 0.1) is 5.92 Å². The van der Waals surface area contributed by atoms with Crippen LogP contribution in [0.5, 0.6) is 0 Å². The van der Waals surface area contributed by atoms with E-state index in [2.05, 4.69) is 11.9 Å². The Morgan fingerprint density at radius 3 is 2.94 bits per heavy atom. The Hall–Kier alpha value is -1.52. The number of likely N-dealkylation sites (tertiary alicyclic amines) is 1. The summed E-state index contributed by atoms with van der Waals surface area (Å²) in [5.41, 5.74) is 0. The number of nitrogens with one attached hydrogen (secondary N) is 1. The van der Waals surface area contributed by atoms with Gasteiger partial charge in [0, 0.05) is 19.6 Å². The Labute approximate surface area is 101 Å². The molecule has 0 saturated carbocycles. The Morgan fingerprint density at radius 2 is 2.29 bits per heavy atom. The summed E-state index contributed by atoms with van der Waals surface area (Å²) < 4.78 is 0. The number of carboxylic acid groups (broad SMARTS) is 1. The first-order valence-corrected chi connectivity index (χ1v) is 6.01. The van der Waals surface area contributed by atoms with Gasteiger partial charge in [-0.25, -0.2) is 4.79 Å². The first-order valence-electron chi connectivity index (χ1n) is 6.01. The largest absolute Gasteiger partial charge is 0.481 e. The number of carboxylic acids is 1. The summed E-state index contributed by atoms with van der Waals surface area (Å²) in [5, 5.41) is 11.7. The third-order valence-electron chi connectivity index (χ3n) is 2.92. The molecule has 1 aliphatic heterocycles. The maximum Gasteiger partial charge on any atom is 0.317 e. The van der Waals surface area contributed by atoms with Gasteiger partial charge in [-0.1, -0.05) is 6.08 Å². The Bertz CT molecular complexity index is 291. The number of carbonyl (C=O) groups excluding carboxylic acids is 1. The van der Waals surface area contributed by atoms with E-state index in [1.54, 1.807) is 4.90 Å². The maximum atomic E-state index is 11.7. The minimum absolute atomic E-state index is 0.153. The second-order valence-electron chi connectivity index (χ2n) is 4.29. The van der Waals surface area contributed by atoms with E-state index in [-0.39, 0.29) is 6.03 Å². The van der Waals surface area contributed by atoms with Crippen LogP contribution >= 0.6 is 0 Å². The second-order valence-corrected chi connectivity index (χ2v) is 4.29. The van der Waals surface area contributed by atoms with Crippen LogP contribution in [0.2, 0.25) is 0 Å². The van der Waals surface area contributed by atoms with Gasteiger partial charge in [-0.3, -0.25) is 4.79 Å². The highest BCUT2D eigenvalue weighted by Gasteiger charge is 2.27. The highest BCUT2D eigenvalue weighted by atomic mass is 16.4. The van der Waals surface area contributed by atoms with Crippen LogP contribution < -0.4 is 5.32 Å². The topological polar surface area (TPSA) is 69.6 Å². The van der Waals surface area contributed by atoms with Gasteiger partial charge in [-0.15, -0.1) is 6.58 Å². The van der Waals surface area contributed by atoms with E-state index in [4.69, 9.17) is 5.11 Å². The summed E-state index contributed by atoms with van der Waals surface area (Å²) >= 11 is 0. The molecule has 2 amide bonds. The third kappa shape index (κ3) is 4.46. The fourth-order valence-corrected chi connectivity index (χ4v) is 1.92. The van der Waals surface area contributed by atoms with E-state index in [0.717, 1.165) is 19.3 Å². The van der Waals surface area contributed by atoms with Crippen molar-refractivity contribution in [2.24, 2.45) is 5.92 Å². The molecule has 1 atom stereocenters. The quantitative estimate of drug-likeness (QED) is 0.564. The van der Waals surface area contributed by atoms with Gasteiger partial charge in [-0.2, -0.15) is 0 Å². The smallest absolute Gasteiger partial charge is 0.317 e. The van der Waals surface area contributed by atoms with Gasteiger partial charge in [0.25, 0.3) is 0 Å². The van der Waals surface area contributed by atoms with Crippen molar-refractivity contribution < 1.29 is 14.7 Å². The Balaban J connectivity index is 2.30. The normalized spacial score (nSPS) is 19.8. The first-order chi connectivity index (χ1) is 8.15. The number of hydrogen-bond donors (Lipinski definition) is 2. The van der Waals surface area contributed by atoms with Gasteiger partial charge in [-0.05, 0) is 25.7 Å². The van der Waals surface area contributed by atoms with Crippen molar-refractivity contribution in [2.45, 2.75) is 25.7 Å². The standard InChI is InChI=1S/C12H20N2O3/c1-2-3-4-7-13-12(17)14-8-5-6-10(9-14)11(15)16/h2,10H,1,3-9H2,(H,13,17)(H,15,16). The number of piperidine rings is 1. The molecule has 1 unspecified atom stereocenters. The zero-order valence-corrected chi connectivity index (χ0v) is 10.0. The maximum absolute atomic E-state index is 11.7. The van der Waals surface area contributed by atoms with Crippen LogP contribution in [0.25, 0.3) is 0 Å². The van der Waals surface area contributed by atoms with Crippen LogP contribution in [0.4, 0.5) is 4.79 Å². The molecule has 0 radical (unpaired) electrons. The lowest BCUT2D eigenvalue weighted by Gasteiger charge is -2.30. The molecule has 0 aromatic carbocycles. The minimum Gasteiger partial charge on any atom is -0.481 e. The lowest BCUT2D eigenvalue weighted by Crippen LogP contribution is -2.47. The van der Waals surface area contributed by atoms with Gasteiger partial charge in [0.15, 0.2) is 0 Å². The van der Waals surface area contributed by atoms with E-state index in [1.807, 2.05) is 6.08 Å². The molecular weight excluding hydrogens is 220 g/mol. The van der Waals surface area contributed by atoms with Gasteiger partial charge in [0.05, 0.1) is 5.92 Å². The van der Waals surface area contributed by atoms with E-state index in [9.17, 15) is 9.59 Å². The Kier molecular flexibility index (Phi) is 5.52. The first kappa shape index (κ1) is 13.5. The van der Waals surface area contributed by atoms with Gasteiger partial charge >= 0.3 is 12.0 Å². The molecule has 1 rings (SSSR count). The van der Waals surface area contributed by atoms with Crippen LogP contribution in [-0.2, 0) is 4.79 Å². The highest BCUT2D eigenvalue weighted by Crippen LogP contribution is 2.16. The molecule has 5 nitrogen and oxygen atoms in total. The summed E-state index contributed by atoms with van der Waals surface area (Å²) in [6, 6.07) is -0.153. The lowest BCUT2D eigenvalue weighted by molar-refractivity contribution is -0.143. The monoisotopic (exact) mass is 240 g/mol. The Morgan fingerprint density at radius 1 is 1.53 bits per heavy atom. The highest BCUT2D eigenvalue weighted by molar-refractivity contribution is 5.76. The number of carbonyl (C=O) groups is 2. The van der Waals surface area contributed by atoms with Crippen LogP contribution in [0.3, 0.4) is 0 Å². The van der Waals surface area contributed by atoms with Crippen molar-refractivity contribution >= 4 is 12.0 Å². The molecule has 17 heavy (non-hydrogen) atoms. The summed E-state index contributed by atoms with van der Waals surface area (Å²) in [4.78, 5) is 24.2. The van der Waals surface area contributed by atoms with E-state index >= 15 is 0 Å². The molecule has 1 fully saturated rings. The van der Waals surface area contributed by atoms with Crippen LogP contribution in [-0.4, -0.2) is 41.6 Å². The van der Waals surface area contributed by atoms with E-state index in [0.29, 0.717) is 26.1 Å². The van der Waals surface area contributed by atoms with Crippen LogP contribution in [0.15, 0.2) is 12.7 Å². The van der Waals surface area contributed by atoms with Crippen molar-refractivity contribution in [3.05, 3.63) is 12.7 Å². The zero-order valence-electron chi connectivity index (χ0n) is 10.0. The summed E-state index contributed by atoms with van der Waals surface area (Å²) in [5.74, 6) is -1.23. The molecule has 5 heteroatoms. The number of aliphatic carboxylic acids is 1. The van der Waals surface area contributed by atoms with E-state index < -0.39 is 11.9 Å². The van der Waals surface area contributed by atoms with Crippen molar-refractivity contribution in [3.8, 4) is 0 Å². The van der Waals surface area contributed by atoms with Crippen molar-refractivity contribution in [3.63, 3.8) is 0 Å². The number of urea groups is 1. The lowest BCUT2D eigenvalue weighted by atomic mass is 9.99. The minimum atomic E-state index is -0.811. The second kappa shape index (κ2) is 6.93. The fourth-order valence-electron chi connectivity index (χ4n) is 1.92. The fraction of sp³-hybridized carbons (Fsp3) is 0.667. The SMILES string of the molecule is C=CCCCNC(=O)N1CCCC(C(=O)O)C1. The summed E-state index contributed by atoms with van der Waals surface area (Å²) in [6.07, 6.45) is 4.98. The number of nitrogens with zero attached hydrogens (tertiary/aromatic N) is 1. The molecule has 96 valence electrons. The third-order valence-corrected chi connectivity index (χ3v) is 2.92. The average Bonchev–Trinajstić information content (AvgIpc) is 2.34. The summed E-state index contributed by atoms with van der Waals surface area (Å²) in [6.45, 7) is 5.19.